The molecule has 2 fully saturated rings. The highest BCUT2D eigenvalue weighted by atomic mass is 16.5. The van der Waals surface area contributed by atoms with Crippen LogP contribution in [0.15, 0.2) is 11.6 Å². The number of hydrogen-bond acceptors (Lipinski definition) is 3. The fraction of sp³-hybridized carbons (Fsp3) is 0.810. The molecule has 3 heteroatoms. The van der Waals surface area contributed by atoms with E-state index in [0.717, 1.165) is 32.1 Å². The summed E-state index contributed by atoms with van der Waals surface area (Å²) in [6.07, 6.45) is 8.03. The molecule has 0 bridgehead atoms. The van der Waals surface area contributed by atoms with E-state index in [1.807, 2.05) is 6.92 Å². The number of fused-ring (bicyclic) bond motifs is 3. The van der Waals surface area contributed by atoms with Gasteiger partial charge in [-0.2, -0.15) is 0 Å². The Balaban J connectivity index is 1.99. The van der Waals surface area contributed by atoms with Crippen LogP contribution in [0.25, 0.3) is 0 Å². The van der Waals surface area contributed by atoms with E-state index in [4.69, 9.17) is 4.74 Å². The Hall–Kier alpha value is -1.12. The van der Waals surface area contributed by atoms with Crippen LogP contribution in [0.5, 0.6) is 0 Å². The smallest absolute Gasteiger partial charge is 0.311 e. The quantitative estimate of drug-likeness (QED) is 0.550. The first-order chi connectivity index (χ1) is 11.2. The Morgan fingerprint density at radius 1 is 1.29 bits per heavy atom. The zero-order valence-corrected chi connectivity index (χ0v) is 15.9. The predicted octanol–water partition coefficient (Wildman–Crippen LogP) is 4.55. The lowest BCUT2D eigenvalue weighted by molar-refractivity contribution is -0.174. The van der Waals surface area contributed by atoms with E-state index in [9.17, 15) is 9.59 Å². The first kappa shape index (κ1) is 17.7. The first-order valence-corrected chi connectivity index (χ1v) is 9.55. The fourth-order valence-electron chi connectivity index (χ4n) is 6.10. The number of methoxy groups -OCH3 is 1. The third-order valence-electron chi connectivity index (χ3n) is 7.57. The van der Waals surface area contributed by atoms with E-state index >= 15 is 0 Å². The molecule has 0 amide bonds. The Morgan fingerprint density at radius 3 is 2.62 bits per heavy atom. The van der Waals surface area contributed by atoms with Gasteiger partial charge in [0.1, 0.15) is 5.78 Å². The van der Waals surface area contributed by atoms with E-state index in [-0.39, 0.29) is 23.2 Å². The first-order valence-electron chi connectivity index (χ1n) is 9.55. The Kier molecular flexibility index (Phi) is 4.42. The largest absolute Gasteiger partial charge is 0.469 e. The molecule has 0 N–H and O–H groups in total. The zero-order valence-electron chi connectivity index (χ0n) is 15.9. The van der Waals surface area contributed by atoms with E-state index in [1.165, 1.54) is 12.7 Å². The summed E-state index contributed by atoms with van der Waals surface area (Å²) >= 11 is 0. The number of ketones is 1. The molecule has 0 saturated heterocycles. The zero-order chi connectivity index (χ0) is 17.7. The average Bonchev–Trinajstić information content (AvgIpc) is 2.56. The van der Waals surface area contributed by atoms with Gasteiger partial charge >= 0.3 is 5.97 Å². The van der Waals surface area contributed by atoms with Gasteiger partial charge in [-0.3, -0.25) is 9.59 Å². The molecule has 0 spiro atoms. The number of carbonyl (C=O) groups is 2. The monoisotopic (exact) mass is 332 g/mol. The summed E-state index contributed by atoms with van der Waals surface area (Å²) in [6, 6.07) is 0. The highest BCUT2D eigenvalue weighted by Gasteiger charge is 2.61. The Morgan fingerprint density at radius 2 is 2.00 bits per heavy atom. The second kappa shape index (κ2) is 6.00. The van der Waals surface area contributed by atoms with Crippen LogP contribution in [0.4, 0.5) is 0 Å². The van der Waals surface area contributed by atoms with Gasteiger partial charge < -0.3 is 4.74 Å². The molecule has 3 aliphatic carbocycles. The lowest BCUT2D eigenvalue weighted by Gasteiger charge is -2.59. The highest BCUT2D eigenvalue weighted by molar-refractivity contribution is 5.86. The van der Waals surface area contributed by atoms with Gasteiger partial charge in [0.25, 0.3) is 0 Å². The topological polar surface area (TPSA) is 43.4 Å². The molecule has 134 valence electrons. The maximum Gasteiger partial charge on any atom is 0.311 e. The number of carbonyl (C=O) groups excluding carboxylic acids is 2. The van der Waals surface area contributed by atoms with Gasteiger partial charge in [0, 0.05) is 12.3 Å². The fourth-order valence-corrected chi connectivity index (χ4v) is 6.10. The second-order valence-corrected chi connectivity index (χ2v) is 9.06. The van der Waals surface area contributed by atoms with Crippen molar-refractivity contribution in [1.82, 2.24) is 0 Å². The molecule has 3 rings (SSSR count). The van der Waals surface area contributed by atoms with Crippen LogP contribution in [0, 0.1) is 34.5 Å². The van der Waals surface area contributed by atoms with Gasteiger partial charge in [-0.05, 0) is 55.8 Å². The minimum absolute atomic E-state index is 0.0670. The summed E-state index contributed by atoms with van der Waals surface area (Å²) in [7, 11) is 1.48. The number of hydrogen-bond donors (Lipinski definition) is 0. The van der Waals surface area contributed by atoms with Gasteiger partial charge in [-0.1, -0.05) is 38.8 Å². The van der Waals surface area contributed by atoms with Gasteiger partial charge in [0.05, 0.1) is 12.5 Å². The molecule has 0 unspecified atom stereocenters. The molecule has 0 aromatic heterocycles. The van der Waals surface area contributed by atoms with Crippen molar-refractivity contribution in [3.05, 3.63) is 11.6 Å². The van der Waals surface area contributed by atoms with Crippen LogP contribution >= 0.6 is 0 Å². The number of allylic oxidation sites excluding steroid dienone is 2. The summed E-state index contributed by atoms with van der Waals surface area (Å²) in [5, 5.41) is 0. The van der Waals surface area contributed by atoms with Crippen LogP contribution in [-0.2, 0) is 14.3 Å². The third-order valence-corrected chi connectivity index (χ3v) is 7.57. The van der Waals surface area contributed by atoms with Gasteiger partial charge in [-0.25, -0.2) is 0 Å². The second-order valence-electron chi connectivity index (χ2n) is 9.06. The Bertz CT molecular complexity index is 576. The van der Waals surface area contributed by atoms with E-state index in [2.05, 4.69) is 26.8 Å². The van der Waals surface area contributed by atoms with Crippen LogP contribution in [-0.4, -0.2) is 18.9 Å². The van der Waals surface area contributed by atoms with Crippen LogP contribution in [0.1, 0.15) is 66.2 Å². The number of Topliss-reactive ketones (excluding diaryl/α,β-unsaturated/α-hetero) is 1. The SMILES string of the molecule is COC(=O)[C@]1(C)CCC[C@@]2(C)[C@H]1CC(=O)[C@H]1C=C(C(C)C)CC[C@@H]12. The maximum absolute atomic E-state index is 13.0. The summed E-state index contributed by atoms with van der Waals surface area (Å²) in [4.78, 5) is 25.5. The van der Waals surface area contributed by atoms with Crippen molar-refractivity contribution in [3.8, 4) is 0 Å². The molecular weight excluding hydrogens is 300 g/mol. The predicted molar refractivity (Wildman–Crippen MR) is 94.3 cm³/mol. The molecular formula is C21H32O3. The lowest BCUT2D eigenvalue weighted by atomic mass is 9.44. The average molecular weight is 332 g/mol. The van der Waals surface area contributed by atoms with Gasteiger partial charge in [0.15, 0.2) is 0 Å². The minimum atomic E-state index is -0.510. The normalized spacial score (nSPS) is 42.2. The summed E-state index contributed by atoms with van der Waals surface area (Å²) < 4.78 is 5.14. The van der Waals surface area contributed by atoms with Gasteiger partial charge in [0.2, 0.25) is 0 Å². The van der Waals surface area contributed by atoms with Crippen molar-refractivity contribution in [2.24, 2.45) is 34.5 Å². The Labute approximate surface area is 146 Å². The van der Waals surface area contributed by atoms with Gasteiger partial charge in [-0.15, -0.1) is 0 Å². The van der Waals surface area contributed by atoms with E-state index in [0.29, 0.717) is 24.0 Å². The molecule has 0 aromatic rings. The summed E-state index contributed by atoms with van der Waals surface area (Å²) in [5.74, 6) is 1.31. The van der Waals surface area contributed by atoms with Crippen molar-refractivity contribution in [3.63, 3.8) is 0 Å². The lowest BCUT2D eigenvalue weighted by Crippen LogP contribution is -2.57. The molecule has 0 aromatic carbocycles. The molecule has 0 aliphatic heterocycles. The molecule has 0 heterocycles. The highest BCUT2D eigenvalue weighted by Crippen LogP contribution is 2.63. The van der Waals surface area contributed by atoms with E-state index < -0.39 is 5.41 Å². The summed E-state index contributed by atoms with van der Waals surface area (Å²) in [5.41, 5.74) is 1.00. The van der Waals surface area contributed by atoms with Crippen LogP contribution < -0.4 is 0 Å². The van der Waals surface area contributed by atoms with E-state index in [1.54, 1.807) is 0 Å². The van der Waals surface area contributed by atoms with Crippen LogP contribution in [0.2, 0.25) is 0 Å². The van der Waals surface area contributed by atoms with Crippen molar-refractivity contribution in [1.29, 1.82) is 0 Å². The van der Waals surface area contributed by atoms with Crippen molar-refractivity contribution in [2.75, 3.05) is 7.11 Å². The molecule has 3 aliphatic rings. The molecule has 2 saturated carbocycles. The molecule has 3 nitrogen and oxygen atoms in total. The van der Waals surface area contributed by atoms with Crippen molar-refractivity contribution in [2.45, 2.75) is 66.2 Å². The van der Waals surface area contributed by atoms with Crippen LogP contribution in [0.3, 0.4) is 0 Å². The van der Waals surface area contributed by atoms with Crippen molar-refractivity contribution >= 4 is 11.8 Å². The number of ether oxygens (including phenoxy) is 1. The third kappa shape index (κ3) is 2.46. The maximum atomic E-state index is 13.0. The molecule has 5 atom stereocenters. The molecule has 0 radical (unpaired) electrons. The molecule has 24 heavy (non-hydrogen) atoms. The van der Waals surface area contributed by atoms with Crippen molar-refractivity contribution < 1.29 is 14.3 Å². The summed E-state index contributed by atoms with van der Waals surface area (Å²) in [6.45, 7) is 8.82. The number of esters is 1. The number of rotatable bonds is 2. The minimum Gasteiger partial charge on any atom is -0.469 e. The standard InChI is InChI=1S/C21H32O3/c1-13(2)14-7-8-16-15(11-14)17(22)12-18-20(16,3)9-6-10-21(18,4)19(23)24-5/h11,13,15-16,18H,6-10,12H2,1-5H3/t15-,16-,18+,20+,21+/m0/s1.